The molecule has 2 rings (SSSR count). The number of nitrogens with zero attached hydrogens (tertiary/aromatic N) is 1. The molecule has 0 spiro atoms. The highest BCUT2D eigenvalue weighted by atomic mass is 79.9. The number of para-hydroxylation sites is 1. The van der Waals surface area contributed by atoms with Gasteiger partial charge in [-0.05, 0) is 34.1 Å². The summed E-state index contributed by atoms with van der Waals surface area (Å²) in [5.41, 5.74) is 0. The molecule has 17 heavy (non-hydrogen) atoms. The van der Waals surface area contributed by atoms with Crippen LogP contribution >= 0.6 is 50.7 Å². The topological polar surface area (TPSA) is 22.1 Å². The SMILES string of the molecule is Clc1cc(Cl)c(Oc2ccccc2Br)nc1Cl. The largest absolute Gasteiger partial charge is 0.436 e. The molecule has 0 aliphatic heterocycles. The van der Waals surface area contributed by atoms with Gasteiger partial charge in [-0.15, -0.1) is 0 Å². The molecular weight excluding hydrogens is 348 g/mol. The van der Waals surface area contributed by atoms with Gasteiger partial charge in [0.2, 0.25) is 5.88 Å². The van der Waals surface area contributed by atoms with Crippen LogP contribution in [-0.2, 0) is 0 Å². The summed E-state index contributed by atoms with van der Waals surface area (Å²) in [4.78, 5) is 3.97. The first-order chi connectivity index (χ1) is 8.08. The Labute approximate surface area is 122 Å². The first-order valence-corrected chi connectivity index (χ1v) is 6.44. The molecular formula is C11H5BrCl3NO. The fraction of sp³-hybridized carbons (Fsp3) is 0. The lowest BCUT2D eigenvalue weighted by molar-refractivity contribution is 0.460. The summed E-state index contributed by atoms with van der Waals surface area (Å²) >= 11 is 20.9. The van der Waals surface area contributed by atoms with Crippen molar-refractivity contribution >= 4 is 50.7 Å². The van der Waals surface area contributed by atoms with E-state index in [9.17, 15) is 0 Å². The van der Waals surface area contributed by atoms with Crippen LogP contribution in [0.3, 0.4) is 0 Å². The van der Waals surface area contributed by atoms with Crippen molar-refractivity contribution in [3.05, 3.63) is 50.0 Å². The number of benzene rings is 1. The molecule has 6 heteroatoms. The third-order valence-electron chi connectivity index (χ3n) is 1.90. The van der Waals surface area contributed by atoms with Gasteiger partial charge in [0.15, 0.2) is 5.15 Å². The zero-order valence-corrected chi connectivity index (χ0v) is 12.1. The maximum absolute atomic E-state index is 5.96. The molecule has 2 aromatic rings. The van der Waals surface area contributed by atoms with Crippen LogP contribution in [0.25, 0.3) is 0 Å². The van der Waals surface area contributed by atoms with E-state index in [2.05, 4.69) is 20.9 Å². The van der Waals surface area contributed by atoms with Crippen molar-refractivity contribution in [1.82, 2.24) is 4.98 Å². The highest BCUT2D eigenvalue weighted by molar-refractivity contribution is 9.10. The second-order valence-corrected chi connectivity index (χ2v) is 5.11. The van der Waals surface area contributed by atoms with Gasteiger partial charge in [0, 0.05) is 0 Å². The predicted octanol–water partition coefficient (Wildman–Crippen LogP) is 5.60. The van der Waals surface area contributed by atoms with E-state index in [1.165, 1.54) is 6.07 Å². The number of hydrogen-bond donors (Lipinski definition) is 0. The van der Waals surface area contributed by atoms with Gasteiger partial charge in [0.25, 0.3) is 0 Å². The second kappa shape index (κ2) is 5.44. The number of aromatic nitrogens is 1. The maximum Gasteiger partial charge on any atom is 0.239 e. The molecule has 0 atom stereocenters. The number of rotatable bonds is 2. The van der Waals surface area contributed by atoms with E-state index in [-0.39, 0.29) is 16.1 Å². The normalized spacial score (nSPS) is 10.4. The van der Waals surface area contributed by atoms with Crippen molar-refractivity contribution in [2.24, 2.45) is 0 Å². The van der Waals surface area contributed by atoms with Crippen LogP contribution in [0, 0.1) is 0 Å². The Morgan fingerprint density at radius 1 is 1.06 bits per heavy atom. The van der Waals surface area contributed by atoms with Crippen molar-refractivity contribution in [1.29, 1.82) is 0 Å². The summed E-state index contributed by atoms with van der Waals surface area (Å²) in [6.45, 7) is 0. The molecule has 0 saturated carbocycles. The van der Waals surface area contributed by atoms with Gasteiger partial charge in [-0.1, -0.05) is 46.9 Å². The van der Waals surface area contributed by atoms with E-state index in [4.69, 9.17) is 39.5 Å². The van der Waals surface area contributed by atoms with E-state index in [0.29, 0.717) is 10.8 Å². The Morgan fingerprint density at radius 2 is 1.76 bits per heavy atom. The molecule has 1 heterocycles. The minimum atomic E-state index is 0.151. The van der Waals surface area contributed by atoms with Crippen LogP contribution in [-0.4, -0.2) is 4.98 Å². The lowest BCUT2D eigenvalue weighted by atomic mass is 10.3. The average molecular weight is 353 g/mol. The Morgan fingerprint density at radius 3 is 2.47 bits per heavy atom. The van der Waals surface area contributed by atoms with E-state index in [0.717, 1.165) is 4.47 Å². The summed E-state index contributed by atoms with van der Waals surface area (Å²) in [5, 5.41) is 0.740. The summed E-state index contributed by atoms with van der Waals surface area (Å²) < 4.78 is 6.34. The van der Waals surface area contributed by atoms with Gasteiger partial charge in [-0.3, -0.25) is 0 Å². The van der Waals surface area contributed by atoms with E-state index in [1.807, 2.05) is 18.2 Å². The quantitative estimate of drug-likeness (QED) is 0.656. The summed E-state index contributed by atoms with van der Waals surface area (Å²) in [6.07, 6.45) is 0. The molecule has 0 N–H and O–H groups in total. The fourth-order valence-corrected chi connectivity index (χ4v) is 2.03. The number of hydrogen-bond acceptors (Lipinski definition) is 2. The zero-order chi connectivity index (χ0) is 12.4. The van der Waals surface area contributed by atoms with Crippen molar-refractivity contribution < 1.29 is 4.74 Å². The van der Waals surface area contributed by atoms with Crippen LogP contribution in [0.2, 0.25) is 15.2 Å². The molecule has 0 amide bonds. The smallest absolute Gasteiger partial charge is 0.239 e. The predicted molar refractivity (Wildman–Crippen MR) is 73.5 cm³/mol. The third-order valence-corrected chi connectivity index (χ3v) is 3.50. The van der Waals surface area contributed by atoms with Gasteiger partial charge in [0.05, 0.1) is 9.50 Å². The first kappa shape index (κ1) is 13.0. The lowest BCUT2D eigenvalue weighted by Crippen LogP contribution is -1.90. The van der Waals surface area contributed by atoms with Crippen molar-refractivity contribution in [2.75, 3.05) is 0 Å². The fourth-order valence-electron chi connectivity index (χ4n) is 1.13. The van der Waals surface area contributed by atoms with E-state index in [1.54, 1.807) is 6.07 Å². The van der Waals surface area contributed by atoms with Crippen molar-refractivity contribution in [3.63, 3.8) is 0 Å². The Bertz CT molecular complexity index is 562. The molecule has 0 bridgehead atoms. The van der Waals surface area contributed by atoms with Crippen LogP contribution in [0.15, 0.2) is 34.8 Å². The Balaban J connectivity index is 2.37. The van der Waals surface area contributed by atoms with Crippen LogP contribution in [0.4, 0.5) is 0 Å². The highest BCUT2D eigenvalue weighted by Crippen LogP contribution is 2.35. The number of halogens is 4. The molecule has 0 radical (unpaired) electrons. The Kier molecular flexibility index (Phi) is 4.15. The third kappa shape index (κ3) is 3.05. The minimum Gasteiger partial charge on any atom is -0.436 e. The molecule has 1 aromatic heterocycles. The van der Waals surface area contributed by atoms with Gasteiger partial charge < -0.3 is 4.74 Å². The number of ether oxygens (including phenoxy) is 1. The molecule has 88 valence electrons. The summed E-state index contributed by atoms with van der Waals surface area (Å²) in [7, 11) is 0. The average Bonchev–Trinajstić information content (AvgIpc) is 2.29. The molecule has 0 saturated heterocycles. The minimum absolute atomic E-state index is 0.151. The molecule has 1 aromatic carbocycles. The van der Waals surface area contributed by atoms with Crippen molar-refractivity contribution in [3.8, 4) is 11.6 Å². The van der Waals surface area contributed by atoms with Crippen LogP contribution in [0.5, 0.6) is 11.6 Å². The Hall–Kier alpha value is -0.480. The lowest BCUT2D eigenvalue weighted by Gasteiger charge is -2.08. The summed E-state index contributed by atoms with van der Waals surface area (Å²) in [5.74, 6) is 0.813. The van der Waals surface area contributed by atoms with E-state index < -0.39 is 0 Å². The van der Waals surface area contributed by atoms with Gasteiger partial charge in [-0.25, -0.2) is 0 Å². The molecule has 0 aliphatic rings. The van der Waals surface area contributed by atoms with Gasteiger partial charge >= 0.3 is 0 Å². The highest BCUT2D eigenvalue weighted by Gasteiger charge is 2.11. The summed E-state index contributed by atoms with van der Waals surface area (Å²) in [6, 6.07) is 8.84. The van der Waals surface area contributed by atoms with E-state index >= 15 is 0 Å². The molecule has 0 fully saturated rings. The van der Waals surface area contributed by atoms with Crippen molar-refractivity contribution in [2.45, 2.75) is 0 Å². The van der Waals surface area contributed by atoms with Crippen LogP contribution in [0.1, 0.15) is 0 Å². The molecule has 0 aliphatic carbocycles. The molecule has 0 unspecified atom stereocenters. The zero-order valence-electron chi connectivity index (χ0n) is 8.25. The maximum atomic E-state index is 5.96. The first-order valence-electron chi connectivity index (χ1n) is 4.52. The monoisotopic (exact) mass is 351 g/mol. The van der Waals surface area contributed by atoms with Gasteiger partial charge in [0.1, 0.15) is 10.8 Å². The standard InChI is InChI=1S/C11H5BrCl3NO/c12-6-3-1-2-4-9(6)17-11-8(14)5-7(13)10(15)16-11/h1-5H. The number of pyridine rings is 1. The van der Waals surface area contributed by atoms with Gasteiger partial charge in [-0.2, -0.15) is 4.98 Å². The second-order valence-electron chi connectivity index (χ2n) is 3.08. The molecule has 2 nitrogen and oxygen atoms in total. The van der Waals surface area contributed by atoms with Crippen LogP contribution < -0.4 is 4.74 Å².